The lowest BCUT2D eigenvalue weighted by molar-refractivity contribution is -0.146. The number of halogens is 3. The fourth-order valence-electron chi connectivity index (χ4n) is 4.46. The van der Waals surface area contributed by atoms with Crippen LogP contribution in [-0.4, -0.2) is 65.8 Å². The average molecular weight is 456 g/mol. The van der Waals surface area contributed by atoms with Crippen molar-refractivity contribution in [3.63, 3.8) is 0 Å². The van der Waals surface area contributed by atoms with E-state index >= 15 is 0 Å². The predicted molar refractivity (Wildman–Crippen MR) is 112 cm³/mol. The molecule has 0 bridgehead atoms. The van der Waals surface area contributed by atoms with Crippen LogP contribution in [0.3, 0.4) is 0 Å². The lowest BCUT2D eigenvalue weighted by Crippen LogP contribution is -2.57. The first-order valence-electron chi connectivity index (χ1n) is 10.9. The Morgan fingerprint density at radius 2 is 2.10 bits per heavy atom. The third-order valence-corrected chi connectivity index (χ3v) is 6.77. The van der Waals surface area contributed by atoms with E-state index in [1.54, 1.807) is 17.9 Å². The molecule has 2 saturated heterocycles. The number of nitrogens with zero attached hydrogens (tertiary/aromatic N) is 2. The van der Waals surface area contributed by atoms with Crippen LogP contribution in [-0.2, 0) is 16.1 Å². The summed E-state index contributed by atoms with van der Waals surface area (Å²) in [5.74, 6) is -1.00. The third kappa shape index (κ3) is 4.80. The number of aryl methyl sites for hydroxylation is 1. The van der Waals surface area contributed by atoms with Crippen molar-refractivity contribution in [2.45, 2.75) is 63.3 Å². The third-order valence-electron chi connectivity index (χ3n) is 6.37. The second kappa shape index (κ2) is 8.90. The Morgan fingerprint density at radius 1 is 1.32 bits per heavy atom. The lowest BCUT2D eigenvalue weighted by atomic mass is 9.99. The van der Waals surface area contributed by atoms with Crippen molar-refractivity contribution in [1.82, 2.24) is 15.1 Å². The summed E-state index contributed by atoms with van der Waals surface area (Å²) in [7, 11) is 0. The van der Waals surface area contributed by atoms with E-state index in [1.807, 2.05) is 0 Å². The molecule has 4 rings (SSSR count). The highest BCUT2D eigenvalue weighted by atomic mass is 35.5. The first kappa shape index (κ1) is 22.3. The number of nitrogens with one attached hydrogen (secondary N) is 1. The van der Waals surface area contributed by atoms with Crippen molar-refractivity contribution in [2.24, 2.45) is 0 Å². The zero-order valence-electron chi connectivity index (χ0n) is 17.6. The van der Waals surface area contributed by atoms with Crippen LogP contribution < -0.4 is 5.32 Å². The minimum absolute atomic E-state index is 0.0478. The van der Waals surface area contributed by atoms with Crippen molar-refractivity contribution < 1.29 is 23.1 Å². The molecule has 2 aliphatic heterocycles. The molecule has 170 valence electrons. The van der Waals surface area contributed by atoms with Crippen molar-refractivity contribution in [1.29, 1.82) is 0 Å². The molecule has 0 spiro atoms. The Hall–Kier alpha value is -1.93. The standard InChI is InChI=1S/C22H28ClF2N3O3/c1-14-9-15(19(24)10-18(14)23)11-26-21(30)28(16-4-5-16)17-3-2-7-27(12-17)20(29)22(25)6-8-31-13-22/h9-10,16-17H,2-8,11-13H2,1H3,(H,26,30)/t17-,22?/m1/s1. The monoisotopic (exact) mass is 455 g/mol. The van der Waals surface area contributed by atoms with Crippen LogP contribution in [0.1, 0.15) is 43.2 Å². The molecular formula is C22H28ClF2N3O3. The van der Waals surface area contributed by atoms with E-state index in [0.29, 0.717) is 30.1 Å². The topological polar surface area (TPSA) is 61.9 Å². The molecular weight excluding hydrogens is 428 g/mol. The Labute approximate surface area is 185 Å². The van der Waals surface area contributed by atoms with Gasteiger partial charge < -0.3 is 19.9 Å². The fraction of sp³-hybridized carbons (Fsp3) is 0.636. The Kier molecular flexibility index (Phi) is 6.40. The van der Waals surface area contributed by atoms with Gasteiger partial charge in [-0.3, -0.25) is 4.79 Å². The quantitative estimate of drug-likeness (QED) is 0.738. The number of ether oxygens (including phenoxy) is 1. The highest BCUT2D eigenvalue weighted by Gasteiger charge is 2.47. The maximum absolute atomic E-state index is 14.9. The maximum atomic E-state index is 14.9. The van der Waals surface area contributed by atoms with Crippen molar-refractivity contribution in [2.75, 3.05) is 26.3 Å². The number of hydrogen-bond donors (Lipinski definition) is 1. The van der Waals surface area contributed by atoms with E-state index in [0.717, 1.165) is 24.8 Å². The average Bonchev–Trinajstić information content (AvgIpc) is 3.48. The van der Waals surface area contributed by atoms with Crippen molar-refractivity contribution in [3.05, 3.63) is 34.1 Å². The Bertz CT molecular complexity index is 859. The molecule has 1 aromatic rings. The van der Waals surface area contributed by atoms with Crippen LogP contribution in [0.5, 0.6) is 0 Å². The molecule has 31 heavy (non-hydrogen) atoms. The SMILES string of the molecule is Cc1cc(CNC(=O)N(C2CC2)[C@@H]2CCCN(C(=O)C3(F)CCOC3)C2)c(F)cc1Cl. The van der Waals surface area contributed by atoms with E-state index in [-0.39, 0.29) is 44.3 Å². The number of carbonyl (C=O) groups is 2. The second-order valence-corrected chi connectivity index (χ2v) is 9.21. The van der Waals surface area contributed by atoms with Gasteiger partial charge in [-0.25, -0.2) is 13.6 Å². The first-order valence-corrected chi connectivity index (χ1v) is 11.2. The number of carbonyl (C=O) groups excluding carboxylic acids is 2. The number of amides is 3. The Morgan fingerprint density at radius 3 is 2.77 bits per heavy atom. The highest BCUT2D eigenvalue weighted by Crippen LogP contribution is 2.33. The van der Waals surface area contributed by atoms with Gasteiger partial charge in [-0.15, -0.1) is 0 Å². The van der Waals surface area contributed by atoms with E-state index in [9.17, 15) is 18.4 Å². The molecule has 1 unspecified atom stereocenters. The molecule has 3 amide bonds. The van der Waals surface area contributed by atoms with Crippen LogP contribution in [0.15, 0.2) is 12.1 Å². The molecule has 1 aliphatic carbocycles. The molecule has 2 atom stereocenters. The molecule has 9 heteroatoms. The number of alkyl halides is 1. The summed E-state index contributed by atoms with van der Waals surface area (Å²) < 4.78 is 34.2. The molecule has 6 nitrogen and oxygen atoms in total. The van der Waals surface area contributed by atoms with Gasteiger partial charge in [0.05, 0.1) is 19.3 Å². The molecule has 0 aromatic heterocycles. The highest BCUT2D eigenvalue weighted by molar-refractivity contribution is 6.31. The van der Waals surface area contributed by atoms with Gasteiger partial charge in [0.15, 0.2) is 0 Å². The minimum Gasteiger partial charge on any atom is -0.377 e. The molecule has 1 N–H and O–H groups in total. The number of rotatable bonds is 5. The normalized spacial score (nSPS) is 26.1. The van der Waals surface area contributed by atoms with Gasteiger partial charge in [-0.1, -0.05) is 11.6 Å². The van der Waals surface area contributed by atoms with E-state index in [1.165, 1.54) is 11.0 Å². The molecule has 3 aliphatic rings. The van der Waals surface area contributed by atoms with Crippen molar-refractivity contribution >= 4 is 23.5 Å². The van der Waals surface area contributed by atoms with Gasteiger partial charge in [0.25, 0.3) is 5.91 Å². The fourth-order valence-corrected chi connectivity index (χ4v) is 4.61. The number of piperidine rings is 1. The smallest absolute Gasteiger partial charge is 0.318 e. The summed E-state index contributed by atoms with van der Waals surface area (Å²) in [6.07, 6.45) is 3.32. The van der Waals surface area contributed by atoms with Crippen molar-refractivity contribution in [3.8, 4) is 0 Å². The second-order valence-electron chi connectivity index (χ2n) is 8.81. The predicted octanol–water partition coefficient (Wildman–Crippen LogP) is 3.58. The number of likely N-dealkylation sites (tertiary alicyclic amines) is 1. The Balaban J connectivity index is 1.41. The van der Waals surface area contributed by atoms with Gasteiger partial charge in [0.1, 0.15) is 5.82 Å². The van der Waals surface area contributed by atoms with Crippen LogP contribution >= 0.6 is 11.6 Å². The molecule has 1 saturated carbocycles. The first-order chi connectivity index (χ1) is 14.8. The number of urea groups is 1. The summed E-state index contributed by atoms with van der Waals surface area (Å²) in [6.45, 7) is 2.67. The van der Waals surface area contributed by atoms with Gasteiger partial charge in [0.2, 0.25) is 5.67 Å². The van der Waals surface area contributed by atoms with Crippen LogP contribution in [0.4, 0.5) is 13.6 Å². The molecule has 0 radical (unpaired) electrons. The molecule has 2 heterocycles. The van der Waals surface area contributed by atoms with E-state index in [4.69, 9.17) is 16.3 Å². The summed E-state index contributed by atoms with van der Waals surface area (Å²) in [5, 5.41) is 3.16. The van der Waals surface area contributed by atoms with E-state index in [2.05, 4.69) is 5.32 Å². The van der Waals surface area contributed by atoms with Gasteiger partial charge in [-0.2, -0.15) is 0 Å². The number of benzene rings is 1. The summed E-state index contributed by atoms with van der Waals surface area (Å²) in [6, 6.07) is 2.51. The zero-order chi connectivity index (χ0) is 22.2. The van der Waals surface area contributed by atoms with Crippen LogP contribution in [0, 0.1) is 12.7 Å². The van der Waals surface area contributed by atoms with Gasteiger partial charge in [-0.05, 0) is 50.3 Å². The maximum Gasteiger partial charge on any atom is 0.318 e. The summed E-state index contributed by atoms with van der Waals surface area (Å²) in [4.78, 5) is 29.1. The number of hydrogen-bond acceptors (Lipinski definition) is 3. The molecule has 1 aromatic carbocycles. The lowest BCUT2D eigenvalue weighted by Gasteiger charge is -2.41. The minimum atomic E-state index is -1.96. The largest absolute Gasteiger partial charge is 0.377 e. The van der Waals surface area contributed by atoms with Crippen LogP contribution in [0.25, 0.3) is 0 Å². The van der Waals surface area contributed by atoms with Gasteiger partial charge in [0, 0.05) is 42.7 Å². The van der Waals surface area contributed by atoms with E-state index < -0.39 is 17.4 Å². The summed E-state index contributed by atoms with van der Waals surface area (Å²) in [5.41, 5.74) is -0.852. The zero-order valence-corrected chi connectivity index (χ0v) is 18.4. The van der Waals surface area contributed by atoms with Gasteiger partial charge >= 0.3 is 6.03 Å². The summed E-state index contributed by atoms with van der Waals surface area (Å²) >= 11 is 5.94. The molecule has 3 fully saturated rings. The van der Waals surface area contributed by atoms with Crippen LogP contribution in [0.2, 0.25) is 5.02 Å².